The van der Waals surface area contributed by atoms with Crippen molar-refractivity contribution >= 4 is 5.78 Å². The molecule has 0 aromatic rings. The number of hydrogen-bond acceptors (Lipinski definition) is 9. The average Bonchev–Trinajstić information content (AvgIpc) is 2.30. The van der Waals surface area contributed by atoms with Gasteiger partial charge in [-0.05, 0) is 20.2 Å². The number of ketones is 1. The van der Waals surface area contributed by atoms with Crippen molar-refractivity contribution in [1.29, 1.82) is 0 Å². The highest BCUT2D eigenvalue weighted by atomic mass is 17.7. The van der Waals surface area contributed by atoms with Gasteiger partial charge in [0.1, 0.15) is 13.2 Å². The minimum absolute atomic E-state index is 0.112. The first kappa shape index (κ1) is 9.89. The molecule has 2 fully saturated rings. The second-order valence-electron chi connectivity index (χ2n) is 2.41. The Balaban J connectivity index is 1.85. The summed E-state index contributed by atoms with van der Waals surface area (Å²) in [4.78, 5) is 29.1. The molecule has 0 radical (unpaired) electrons. The summed E-state index contributed by atoms with van der Waals surface area (Å²) >= 11 is 0. The van der Waals surface area contributed by atoms with E-state index in [1.54, 1.807) is 0 Å². The van der Waals surface area contributed by atoms with Crippen LogP contribution < -0.4 is 0 Å². The summed E-state index contributed by atoms with van der Waals surface area (Å²) in [5.74, 6) is -0.475. The van der Waals surface area contributed by atoms with Gasteiger partial charge in [-0.3, -0.25) is 4.79 Å². The molecule has 0 amide bonds. The monoisotopic (exact) mass is 210 g/mol. The first-order valence-corrected chi connectivity index (χ1v) is 3.65. The molecule has 9 nitrogen and oxygen atoms in total. The summed E-state index contributed by atoms with van der Waals surface area (Å²) in [6.45, 7) is -0.223. The zero-order valence-electron chi connectivity index (χ0n) is 6.74. The van der Waals surface area contributed by atoms with Crippen molar-refractivity contribution < 1.29 is 44.5 Å². The molecule has 2 saturated heterocycles. The van der Waals surface area contributed by atoms with Gasteiger partial charge in [0.05, 0.1) is 0 Å². The molecule has 0 aromatic carbocycles. The third kappa shape index (κ3) is 2.23. The summed E-state index contributed by atoms with van der Waals surface area (Å²) in [5.41, 5.74) is 0. The Hall–Kier alpha value is -0.650. The van der Waals surface area contributed by atoms with Crippen LogP contribution in [0.15, 0.2) is 0 Å². The second-order valence-corrected chi connectivity index (χ2v) is 2.41. The standard InChI is InChI=1S/C5H6O9/c6-5(3-1-7-11-13-9-3)4-2-8-12-14-10-4/h3-4H,1-2H2. The summed E-state index contributed by atoms with van der Waals surface area (Å²) in [7, 11) is 0. The summed E-state index contributed by atoms with van der Waals surface area (Å²) in [6.07, 6.45) is -1.92. The Kier molecular flexibility index (Phi) is 3.34. The first-order chi connectivity index (χ1) is 6.88. The molecule has 0 aromatic heterocycles. The minimum Gasteiger partial charge on any atom is -0.293 e. The molecule has 2 aliphatic heterocycles. The van der Waals surface area contributed by atoms with Crippen LogP contribution in [0, 0.1) is 0 Å². The molecule has 9 heteroatoms. The van der Waals surface area contributed by atoms with Gasteiger partial charge < -0.3 is 0 Å². The molecule has 0 aliphatic carbocycles. The van der Waals surface area contributed by atoms with Crippen molar-refractivity contribution in [2.75, 3.05) is 13.2 Å². The third-order valence-electron chi connectivity index (χ3n) is 1.54. The van der Waals surface area contributed by atoms with Crippen LogP contribution in [-0.2, 0) is 44.5 Å². The van der Waals surface area contributed by atoms with Gasteiger partial charge in [0, 0.05) is 0 Å². The third-order valence-corrected chi connectivity index (χ3v) is 1.54. The molecule has 0 N–H and O–H groups in total. The Labute approximate surface area is 76.8 Å². The fourth-order valence-corrected chi connectivity index (χ4v) is 0.867. The molecule has 0 bridgehead atoms. The van der Waals surface area contributed by atoms with Gasteiger partial charge in [0.15, 0.2) is 12.2 Å². The predicted molar refractivity (Wildman–Crippen MR) is 31.0 cm³/mol. The maximum absolute atomic E-state index is 11.5. The summed E-state index contributed by atoms with van der Waals surface area (Å²) in [6, 6.07) is 0. The van der Waals surface area contributed by atoms with E-state index in [4.69, 9.17) is 0 Å². The first-order valence-electron chi connectivity index (χ1n) is 3.65. The zero-order chi connectivity index (χ0) is 9.80. The minimum atomic E-state index is -0.959. The SMILES string of the molecule is O=C(C1COOOO1)C1COOOO1. The van der Waals surface area contributed by atoms with Crippen molar-refractivity contribution in [1.82, 2.24) is 0 Å². The van der Waals surface area contributed by atoms with Gasteiger partial charge in [-0.15, -0.1) is 0 Å². The molecule has 0 saturated carbocycles. The van der Waals surface area contributed by atoms with Gasteiger partial charge in [-0.25, -0.2) is 9.78 Å². The fourth-order valence-electron chi connectivity index (χ4n) is 0.867. The van der Waals surface area contributed by atoms with Crippen LogP contribution in [0.4, 0.5) is 0 Å². The quantitative estimate of drug-likeness (QED) is 0.529. The Morgan fingerprint density at radius 1 is 0.857 bits per heavy atom. The lowest BCUT2D eigenvalue weighted by atomic mass is 10.1. The highest BCUT2D eigenvalue weighted by Gasteiger charge is 2.35. The van der Waals surface area contributed by atoms with Crippen LogP contribution in [0.5, 0.6) is 0 Å². The topological polar surface area (TPSA) is 90.9 Å². The summed E-state index contributed by atoms with van der Waals surface area (Å²) < 4.78 is 0. The Morgan fingerprint density at radius 2 is 1.36 bits per heavy atom. The van der Waals surface area contributed by atoms with E-state index in [-0.39, 0.29) is 13.2 Å². The van der Waals surface area contributed by atoms with Crippen LogP contribution in [0.3, 0.4) is 0 Å². The van der Waals surface area contributed by atoms with Gasteiger partial charge in [0.2, 0.25) is 5.78 Å². The van der Waals surface area contributed by atoms with Crippen molar-refractivity contribution in [3.63, 3.8) is 0 Å². The van der Waals surface area contributed by atoms with Crippen LogP contribution in [0.2, 0.25) is 0 Å². The molecule has 2 rings (SSSR count). The lowest BCUT2D eigenvalue weighted by Gasteiger charge is -2.22. The van der Waals surface area contributed by atoms with Crippen molar-refractivity contribution in [2.45, 2.75) is 12.2 Å². The molecule has 2 aliphatic rings. The van der Waals surface area contributed by atoms with Crippen molar-refractivity contribution in [3.8, 4) is 0 Å². The highest BCUT2D eigenvalue weighted by Crippen LogP contribution is 2.12. The number of carbonyl (C=O) groups excluding carboxylic acids is 1. The maximum Gasteiger partial charge on any atom is 0.202 e. The molecule has 0 spiro atoms. The highest BCUT2D eigenvalue weighted by molar-refractivity contribution is 5.87. The lowest BCUT2D eigenvalue weighted by Crippen LogP contribution is -2.44. The molecule has 80 valence electrons. The molecular formula is C5H6O9. The van der Waals surface area contributed by atoms with E-state index in [0.717, 1.165) is 0 Å². The number of Topliss-reactive ketones (excluding diaryl/α,β-unsaturated/α-hetero) is 1. The van der Waals surface area contributed by atoms with E-state index < -0.39 is 18.0 Å². The van der Waals surface area contributed by atoms with Crippen molar-refractivity contribution in [2.24, 2.45) is 0 Å². The molecule has 2 heterocycles. The summed E-state index contributed by atoms with van der Waals surface area (Å²) in [5, 5.41) is 15.8. The van der Waals surface area contributed by atoms with Gasteiger partial charge in [-0.2, -0.15) is 9.78 Å². The van der Waals surface area contributed by atoms with Crippen LogP contribution in [-0.4, -0.2) is 31.2 Å². The second kappa shape index (κ2) is 4.72. The molecule has 2 unspecified atom stereocenters. The van der Waals surface area contributed by atoms with Crippen LogP contribution >= 0.6 is 0 Å². The van der Waals surface area contributed by atoms with Gasteiger partial charge in [-0.1, -0.05) is 0 Å². The molecule has 2 atom stereocenters. The van der Waals surface area contributed by atoms with Crippen molar-refractivity contribution in [3.05, 3.63) is 0 Å². The fraction of sp³-hybridized carbons (Fsp3) is 0.800. The van der Waals surface area contributed by atoms with Crippen LogP contribution in [0.1, 0.15) is 0 Å². The van der Waals surface area contributed by atoms with E-state index >= 15 is 0 Å². The smallest absolute Gasteiger partial charge is 0.202 e. The van der Waals surface area contributed by atoms with E-state index in [1.807, 2.05) is 0 Å². The van der Waals surface area contributed by atoms with E-state index in [0.29, 0.717) is 0 Å². The maximum atomic E-state index is 11.5. The van der Waals surface area contributed by atoms with E-state index in [1.165, 1.54) is 0 Å². The van der Waals surface area contributed by atoms with E-state index in [2.05, 4.69) is 39.7 Å². The van der Waals surface area contributed by atoms with Gasteiger partial charge >= 0.3 is 0 Å². The van der Waals surface area contributed by atoms with Gasteiger partial charge in [0.25, 0.3) is 0 Å². The van der Waals surface area contributed by atoms with Crippen LogP contribution in [0.25, 0.3) is 0 Å². The van der Waals surface area contributed by atoms with E-state index in [9.17, 15) is 4.79 Å². The largest absolute Gasteiger partial charge is 0.293 e. The average molecular weight is 210 g/mol. The predicted octanol–water partition coefficient (Wildman–Crippen LogP) is -1.06. The lowest BCUT2D eigenvalue weighted by molar-refractivity contribution is -0.677. The molecular weight excluding hydrogens is 204 g/mol. The Bertz CT molecular complexity index is 173. The normalized spacial score (nSPS) is 34.0. The molecule has 14 heavy (non-hydrogen) atoms. The number of carbonyl (C=O) groups is 1. The Morgan fingerprint density at radius 3 is 1.71 bits per heavy atom. The number of rotatable bonds is 2. The zero-order valence-corrected chi connectivity index (χ0v) is 6.74. The number of hydrogen-bond donors (Lipinski definition) is 0.